The van der Waals surface area contributed by atoms with E-state index >= 15 is 0 Å². The highest BCUT2D eigenvalue weighted by Crippen LogP contribution is 2.32. The number of halogens is 1. The third-order valence-corrected chi connectivity index (χ3v) is 2.57. The summed E-state index contributed by atoms with van der Waals surface area (Å²) in [5.74, 6) is 0. The minimum absolute atomic E-state index is 0.571. The van der Waals surface area contributed by atoms with Crippen LogP contribution in [0.2, 0.25) is 0 Å². The lowest BCUT2D eigenvalue weighted by Gasteiger charge is -2.42. The van der Waals surface area contributed by atoms with Gasteiger partial charge in [0.25, 0.3) is 4.70 Å². The second-order valence-electron chi connectivity index (χ2n) is 2.87. The van der Waals surface area contributed by atoms with E-state index in [4.69, 9.17) is 5.11 Å². The second kappa shape index (κ2) is 3.77. The van der Waals surface area contributed by atoms with Gasteiger partial charge >= 0.3 is 0 Å². The van der Waals surface area contributed by atoms with Crippen molar-refractivity contribution in [2.24, 2.45) is 0 Å². The molecule has 1 aliphatic heterocycles. The molecule has 1 heterocycles. The van der Waals surface area contributed by atoms with Gasteiger partial charge in [-0.3, -0.25) is 0 Å². The van der Waals surface area contributed by atoms with E-state index in [2.05, 4.69) is 20.7 Å². The quantitative estimate of drug-likeness (QED) is 0.333. The Hall–Kier alpha value is 0.240. The monoisotopic (exact) mass is 258 g/mol. The minimum atomic E-state index is -2.14. The molecule has 0 aromatic carbocycles. The maximum Gasteiger partial charge on any atom is 0.254 e. The molecule has 1 aliphatic rings. The van der Waals surface area contributed by atoms with Gasteiger partial charge in [0.1, 0.15) is 24.4 Å². The Balaban J connectivity index is 2.79. The van der Waals surface area contributed by atoms with E-state index < -0.39 is 35.7 Å². The van der Waals surface area contributed by atoms with Crippen LogP contribution in [0, 0.1) is 0 Å². The molecule has 13 heavy (non-hydrogen) atoms. The van der Waals surface area contributed by atoms with Crippen LogP contribution >= 0.6 is 15.9 Å². The van der Waals surface area contributed by atoms with E-state index in [0.717, 1.165) is 0 Å². The largest absolute Gasteiger partial charge is 0.394 e. The maximum atomic E-state index is 9.29. The summed E-state index contributed by atoms with van der Waals surface area (Å²) in [5.41, 5.74) is 0. The fourth-order valence-corrected chi connectivity index (χ4v) is 1.63. The molecule has 7 heteroatoms. The summed E-state index contributed by atoms with van der Waals surface area (Å²) in [7, 11) is 0. The summed E-state index contributed by atoms with van der Waals surface area (Å²) >= 11 is 2.61. The van der Waals surface area contributed by atoms with Crippen LogP contribution in [-0.4, -0.2) is 61.3 Å². The third-order valence-electron chi connectivity index (χ3n) is 1.92. The molecule has 1 rings (SSSR count). The van der Waals surface area contributed by atoms with Crippen LogP contribution in [-0.2, 0) is 4.74 Å². The van der Waals surface area contributed by atoms with Crippen molar-refractivity contribution in [1.82, 2.24) is 0 Å². The van der Waals surface area contributed by atoms with Crippen molar-refractivity contribution in [3.8, 4) is 0 Å². The van der Waals surface area contributed by atoms with Crippen molar-refractivity contribution in [3.05, 3.63) is 0 Å². The number of ether oxygens (including phenoxy) is 1. The SMILES string of the molecule is OC[C@H]1OC(O)(Br)[C@H](O)[C@@H](O)[C@@H]1O. The molecule has 0 aromatic heterocycles. The zero-order valence-corrected chi connectivity index (χ0v) is 8.12. The number of hydrogen-bond donors (Lipinski definition) is 5. The Morgan fingerprint density at radius 2 is 1.77 bits per heavy atom. The molecule has 0 spiro atoms. The molecular weight excluding hydrogens is 248 g/mol. The molecule has 1 unspecified atom stereocenters. The number of alkyl halides is 1. The minimum Gasteiger partial charge on any atom is -0.394 e. The molecule has 78 valence electrons. The first-order valence-electron chi connectivity index (χ1n) is 3.64. The molecule has 6 nitrogen and oxygen atoms in total. The molecule has 0 saturated carbocycles. The van der Waals surface area contributed by atoms with Gasteiger partial charge in [0.15, 0.2) is 0 Å². The highest BCUT2D eigenvalue weighted by molar-refractivity contribution is 9.10. The average Bonchev–Trinajstić information content (AvgIpc) is 2.08. The molecule has 5 atom stereocenters. The normalized spacial score (nSPS) is 52.2. The molecule has 0 aromatic rings. The van der Waals surface area contributed by atoms with Crippen molar-refractivity contribution >= 4 is 15.9 Å². The molecule has 1 saturated heterocycles. The van der Waals surface area contributed by atoms with Crippen LogP contribution in [0.3, 0.4) is 0 Å². The predicted molar refractivity (Wildman–Crippen MR) is 43.9 cm³/mol. The Bertz CT molecular complexity index is 184. The van der Waals surface area contributed by atoms with Crippen LogP contribution in [0.1, 0.15) is 0 Å². The van der Waals surface area contributed by atoms with Gasteiger partial charge in [-0.2, -0.15) is 0 Å². The summed E-state index contributed by atoms with van der Waals surface area (Å²) in [6.07, 6.45) is -5.82. The van der Waals surface area contributed by atoms with E-state index in [1.807, 2.05) is 0 Å². The van der Waals surface area contributed by atoms with Crippen molar-refractivity contribution in [2.75, 3.05) is 6.61 Å². The maximum absolute atomic E-state index is 9.29. The van der Waals surface area contributed by atoms with Gasteiger partial charge in [0.2, 0.25) is 0 Å². The van der Waals surface area contributed by atoms with Gasteiger partial charge in [-0.05, 0) is 15.9 Å². The second-order valence-corrected chi connectivity index (χ2v) is 4.01. The van der Waals surface area contributed by atoms with E-state index in [9.17, 15) is 20.4 Å². The highest BCUT2D eigenvalue weighted by Gasteiger charge is 2.51. The van der Waals surface area contributed by atoms with E-state index in [1.54, 1.807) is 0 Å². The number of hydrogen-bond acceptors (Lipinski definition) is 6. The van der Waals surface area contributed by atoms with Crippen molar-refractivity contribution < 1.29 is 30.3 Å². The first kappa shape index (κ1) is 11.3. The van der Waals surface area contributed by atoms with Crippen LogP contribution < -0.4 is 0 Å². The standard InChI is InChI=1S/C6H11BrO6/c7-6(12)5(11)4(10)3(9)2(1-8)13-6/h2-5,8-12H,1H2/t2-,3-,4+,5-,6?/m1/s1. The van der Waals surface area contributed by atoms with E-state index in [-0.39, 0.29) is 0 Å². The molecule has 0 bridgehead atoms. The molecule has 0 amide bonds. The zero-order chi connectivity index (χ0) is 10.2. The topological polar surface area (TPSA) is 110 Å². The van der Waals surface area contributed by atoms with E-state index in [1.165, 1.54) is 0 Å². The smallest absolute Gasteiger partial charge is 0.254 e. The lowest BCUT2D eigenvalue weighted by molar-refractivity contribution is -0.301. The van der Waals surface area contributed by atoms with Gasteiger partial charge in [0, 0.05) is 0 Å². The lowest BCUT2D eigenvalue weighted by atomic mass is 9.99. The lowest BCUT2D eigenvalue weighted by Crippen LogP contribution is -2.62. The molecule has 1 fully saturated rings. The van der Waals surface area contributed by atoms with Gasteiger partial charge in [-0.1, -0.05) is 0 Å². The molecule has 0 radical (unpaired) electrons. The van der Waals surface area contributed by atoms with Crippen molar-refractivity contribution in [3.63, 3.8) is 0 Å². The van der Waals surface area contributed by atoms with Crippen molar-refractivity contribution in [1.29, 1.82) is 0 Å². The molecule has 5 N–H and O–H groups in total. The van der Waals surface area contributed by atoms with Crippen LogP contribution in [0.5, 0.6) is 0 Å². The summed E-state index contributed by atoms with van der Waals surface area (Å²) in [4.78, 5) is 0. The van der Waals surface area contributed by atoms with Crippen LogP contribution in [0.25, 0.3) is 0 Å². The average molecular weight is 259 g/mol. The first-order valence-corrected chi connectivity index (χ1v) is 4.43. The van der Waals surface area contributed by atoms with Gasteiger partial charge in [0.05, 0.1) is 6.61 Å². The fraction of sp³-hybridized carbons (Fsp3) is 1.00. The number of rotatable bonds is 1. The summed E-state index contributed by atoms with van der Waals surface area (Å²) in [6, 6.07) is 0. The van der Waals surface area contributed by atoms with Crippen LogP contribution in [0.4, 0.5) is 0 Å². The number of aliphatic hydroxyl groups is 5. The Morgan fingerprint density at radius 3 is 2.23 bits per heavy atom. The predicted octanol–water partition coefficient (Wildman–Crippen LogP) is -2.50. The fourth-order valence-electron chi connectivity index (χ4n) is 1.11. The van der Waals surface area contributed by atoms with Gasteiger partial charge in [-0.15, -0.1) is 0 Å². The number of aliphatic hydroxyl groups excluding tert-OH is 4. The summed E-state index contributed by atoms with van der Waals surface area (Å²) in [6.45, 7) is -0.571. The van der Waals surface area contributed by atoms with Gasteiger partial charge in [-0.25, -0.2) is 0 Å². The third kappa shape index (κ3) is 2.01. The zero-order valence-electron chi connectivity index (χ0n) is 6.54. The van der Waals surface area contributed by atoms with Gasteiger partial charge < -0.3 is 30.3 Å². The highest BCUT2D eigenvalue weighted by atomic mass is 79.9. The summed E-state index contributed by atoms with van der Waals surface area (Å²) in [5, 5.41) is 45.6. The Kier molecular flexibility index (Phi) is 3.29. The Labute approximate surface area is 82.5 Å². The van der Waals surface area contributed by atoms with Crippen molar-refractivity contribution in [2.45, 2.75) is 29.1 Å². The Morgan fingerprint density at radius 1 is 1.23 bits per heavy atom. The summed E-state index contributed by atoms with van der Waals surface area (Å²) < 4.78 is 2.54. The van der Waals surface area contributed by atoms with E-state index in [0.29, 0.717) is 0 Å². The van der Waals surface area contributed by atoms with Crippen LogP contribution in [0.15, 0.2) is 0 Å². The molecular formula is C6H11BrO6. The molecule has 0 aliphatic carbocycles. The first-order chi connectivity index (χ1) is 5.90.